The summed E-state index contributed by atoms with van der Waals surface area (Å²) in [6.45, 7) is 1.96. The van der Waals surface area contributed by atoms with E-state index in [-0.39, 0.29) is 11.3 Å². The van der Waals surface area contributed by atoms with Crippen LogP contribution in [-0.4, -0.2) is 13.1 Å². The third kappa shape index (κ3) is 2.99. The van der Waals surface area contributed by atoms with E-state index in [0.717, 1.165) is 11.1 Å². The number of methoxy groups -OCH3 is 1. The fourth-order valence-corrected chi connectivity index (χ4v) is 2.52. The van der Waals surface area contributed by atoms with Gasteiger partial charge in [-0.05, 0) is 13.0 Å². The topological polar surface area (TPSA) is 56.5 Å². The second kappa shape index (κ2) is 6.54. The molecule has 0 atom stereocenters. The lowest BCUT2D eigenvalue weighted by Gasteiger charge is -2.10. The van der Waals surface area contributed by atoms with Crippen LogP contribution in [0.5, 0.6) is 0 Å². The molecule has 0 saturated carbocycles. The van der Waals surface area contributed by atoms with Gasteiger partial charge in [-0.15, -0.1) is 0 Å². The van der Waals surface area contributed by atoms with Crippen LogP contribution in [0.2, 0.25) is 0 Å². The van der Waals surface area contributed by atoms with Crippen molar-refractivity contribution in [2.24, 2.45) is 0 Å². The van der Waals surface area contributed by atoms with E-state index < -0.39 is 11.4 Å². The Morgan fingerprint density at radius 2 is 1.67 bits per heavy atom. The molecular weight excluding hydrogens is 304 g/mol. The normalized spacial score (nSPS) is 10.4. The minimum absolute atomic E-state index is 0.0971. The third-order valence-corrected chi connectivity index (χ3v) is 3.68. The summed E-state index contributed by atoms with van der Waals surface area (Å²) in [7, 11) is 1.24. The molecule has 3 rings (SSSR count). The van der Waals surface area contributed by atoms with Gasteiger partial charge in [-0.1, -0.05) is 54.1 Å². The zero-order valence-corrected chi connectivity index (χ0v) is 13.4. The Bertz CT molecular complexity index is 939. The average Bonchev–Trinajstić information content (AvgIpc) is 2.61. The molecule has 1 heterocycles. The third-order valence-electron chi connectivity index (χ3n) is 3.68. The molecule has 2 aromatic carbocycles. The van der Waals surface area contributed by atoms with E-state index in [4.69, 9.17) is 9.15 Å². The summed E-state index contributed by atoms with van der Waals surface area (Å²) in [5.41, 5.74) is 1.95. The van der Waals surface area contributed by atoms with E-state index in [1.165, 1.54) is 13.2 Å². The summed E-state index contributed by atoms with van der Waals surface area (Å²) in [6.07, 6.45) is 0. The van der Waals surface area contributed by atoms with E-state index in [2.05, 4.69) is 0 Å². The second-order valence-corrected chi connectivity index (χ2v) is 5.41. The van der Waals surface area contributed by atoms with Crippen molar-refractivity contribution in [2.45, 2.75) is 6.92 Å². The zero-order valence-electron chi connectivity index (χ0n) is 13.4. The summed E-state index contributed by atoms with van der Waals surface area (Å²) in [5.74, 6) is -0.0833. The number of benzene rings is 2. The number of hydrogen-bond donors (Lipinski definition) is 0. The molecule has 3 aromatic rings. The quantitative estimate of drug-likeness (QED) is 0.683. The predicted octanol–water partition coefficient (Wildman–Crippen LogP) is 4.07. The maximum atomic E-state index is 12.5. The molecule has 0 amide bonds. The fourth-order valence-electron chi connectivity index (χ4n) is 2.52. The van der Waals surface area contributed by atoms with E-state index in [9.17, 15) is 9.59 Å². The highest BCUT2D eigenvalue weighted by molar-refractivity contribution is 5.95. The highest BCUT2D eigenvalue weighted by atomic mass is 16.5. The number of esters is 1. The summed E-state index contributed by atoms with van der Waals surface area (Å²) >= 11 is 0. The van der Waals surface area contributed by atoms with Crippen molar-refractivity contribution < 1.29 is 13.9 Å². The lowest BCUT2D eigenvalue weighted by atomic mass is 10.0. The summed E-state index contributed by atoms with van der Waals surface area (Å²) in [5, 5.41) is 0. The molecule has 4 nitrogen and oxygen atoms in total. The molecule has 0 saturated heterocycles. The van der Waals surface area contributed by atoms with Crippen molar-refractivity contribution in [3.05, 3.63) is 82.0 Å². The van der Waals surface area contributed by atoms with Gasteiger partial charge in [0.25, 0.3) is 0 Å². The van der Waals surface area contributed by atoms with Crippen molar-refractivity contribution in [2.75, 3.05) is 7.11 Å². The summed E-state index contributed by atoms with van der Waals surface area (Å²) in [6, 6.07) is 18.0. The SMILES string of the molecule is COC(=O)c1c(-c2ccccc2)oc(-c2cccc(C)c2)cc1=O. The van der Waals surface area contributed by atoms with Crippen LogP contribution in [0.1, 0.15) is 15.9 Å². The second-order valence-electron chi connectivity index (χ2n) is 5.41. The number of carbonyl (C=O) groups excluding carboxylic acids is 1. The van der Waals surface area contributed by atoms with E-state index in [0.29, 0.717) is 11.3 Å². The van der Waals surface area contributed by atoms with Gasteiger partial charge < -0.3 is 9.15 Å². The molecule has 0 aliphatic rings. The van der Waals surface area contributed by atoms with E-state index >= 15 is 0 Å². The Kier molecular flexibility index (Phi) is 4.29. The van der Waals surface area contributed by atoms with E-state index in [1.807, 2.05) is 49.4 Å². The Labute approximate surface area is 139 Å². The Morgan fingerprint density at radius 3 is 2.33 bits per heavy atom. The molecule has 0 unspecified atom stereocenters. The van der Waals surface area contributed by atoms with Gasteiger partial charge in [-0.2, -0.15) is 0 Å². The van der Waals surface area contributed by atoms with Crippen LogP contribution in [0.15, 0.2) is 69.9 Å². The number of carbonyl (C=O) groups is 1. The fraction of sp³-hybridized carbons (Fsp3) is 0.100. The Balaban J connectivity index is 2.28. The van der Waals surface area contributed by atoms with Gasteiger partial charge in [-0.3, -0.25) is 4.79 Å². The van der Waals surface area contributed by atoms with Crippen molar-refractivity contribution in [1.82, 2.24) is 0 Å². The summed E-state index contributed by atoms with van der Waals surface area (Å²) < 4.78 is 10.7. The minimum Gasteiger partial charge on any atom is -0.465 e. The number of hydrogen-bond acceptors (Lipinski definition) is 4. The Hall–Kier alpha value is -3.14. The first kappa shape index (κ1) is 15.7. The maximum Gasteiger partial charge on any atom is 0.345 e. The molecule has 0 aliphatic heterocycles. The molecule has 0 bridgehead atoms. The molecule has 4 heteroatoms. The monoisotopic (exact) mass is 320 g/mol. The van der Waals surface area contributed by atoms with Crippen LogP contribution in [-0.2, 0) is 4.74 Å². The van der Waals surface area contributed by atoms with Crippen LogP contribution >= 0.6 is 0 Å². The molecule has 0 fully saturated rings. The first-order valence-corrected chi connectivity index (χ1v) is 7.49. The van der Waals surface area contributed by atoms with Crippen LogP contribution in [0, 0.1) is 6.92 Å². The van der Waals surface area contributed by atoms with Crippen molar-refractivity contribution in [3.63, 3.8) is 0 Å². The van der Waals surface area contributed by atoms with Gasteiger partial charge in [0.2, 0.25) is 5.43 Å². The molecular formula is C20H16O4. The van der Waals surface area contributed by atoms with Crippen molar-refractivity contribution in [1.29, 1.82) is 0 Å². The van der Waals surface area contributed by atoms with Gasteiger partial charge in [0, 0.05) is 17.2 Å². The number of ether oxygens (including phenoxy) is 1. The van der Waals surface area contributed by atoms with Crippen LogP contribution < -0.4 is 5.43 Å². The standard InChI is InChI=1S/C20H16O4/c1-13-7-6-10-15(11-13)17-12-16(21)18(20(22)23-2)19(24-17)14-8-4-3-5-9-14/h3-12H,1-2H3. The van der Waals surface area contributed by atoms with Gasteiger partial charge in [-0.25, -0.2) is 4.79 Å². The predicted molar refractivity (Wildman–Crippen MR) is 91.9 cm³/mol. The highest BCUT2D eigenvalue weighted by Crippen LogP contribution is 2.28. The van der Waals surface area contributed by atoms with Crippen LogP contribution in [0.25, 0.3) is 22.6 Å². The van der Waals surface area contributed by atoms with Crippen molar-refractivity contribution >= 4 is 5.97 Å². The van der Waals surface area contributed by atoms with E-state index in [1.54, 1.807) is 12.1 Å². The molecule has 24 heavy (non-hydrogen) atoms. The van der Waals surface area contributed by atoms with Crippen LogP contribution in [0.4, 0.5) is 0 Å². The van der Waals surface area contributed by atoms with Gasteiger partial charge in [0.1, 0.15) is 5.76 Å². The maximum absolute atomic E-state index is 12.5. The molecule has 0 aliphatic carbocycles. The van der Waals surface area contributed by atoms with Gasteiger partial charge in [0.15, 0.2) is 11.3 Å². The first-order chi connectivity index (χ1) is 11.6. The van der Waals surface area contributed by atoms with Gasteiger partial charge in [0.05, 0.1) is 7.11 Å². The smallest absolute Gasteiger partial charge is 0.345 e. The molecule has 0 N–H and O–H groups in total. The van der Waals surface area contributed by atoms with Gasteiger partial charge >= 0.3 is 5.97 Å². The summed E-state index contributed by atoms with van der Waals surface area (Å²) in [4.78, 5) is 24.6. The van der Waals surface area contributed by atoms with Crippen LogP contribution in [0.3, 0.4) is 0 Å². The first-order valence-electron chi connectivity index (χ1n) is 7.49. The zero-order chi connectivity index (χ0) is 17.1. The molecule has 0 radical (unpaired) electrons. The largest absolute Gasteiger partial charge is 0.465 e. The average molecular weight is 320 g/mol. The molecule has 120 valence electrons. The molecule has 1 aromatic heterocycles. The lowest BCUT2D eigenvalue weighted by molar-refractivity contribution is 0.0598. The molecule has 0 spiro atoms. The number of aryl methyl sites for hydroxylation is 1. The highest BCUT2D eigenvalue weighted by Gasteiger charge is 2.21. The minimum atomic E-state index is -0.710. The Morgan fingerprint density at radius 1 is 0.958 bits per heavy atom. The lowest BCUT2D eigenvalue weighted by Crippen LogP contribution is -2.17. The number of rotatable bonds is 3. The van der Waals surface area contributed by atoms with Crippen molar-refractivity contribution in [3.8, 4) is 22.6 Å².